The van der Waals surface area contributed by atoms with Gasteiger partial charge in [-0.2, -0.15) is 0 Å². The molecule has 0 saturated heterocycles. The minimum atomic E-state index is -1.04. The number of aryl methyl sites for hydroxylation is 2. The van der Waals surface area contributed by atoms with Crippen molar-refractivity contribution in [2.45, 2.75) is 46.8 Å². The highest BCUT2D eigenvalue weighted by Gasteiger charge is 2.19. The summed E-state index contributed by atoms with van der Waals surface area (Å²) in [6.45, 7) is 4.48. The Morgan fingerprint density at radius 1 is 0.596 bits per heavy atom. The summed E-state index contributed by atoms with van der Waals surface area (Å²) in [4.78, 5) is 34.7. The van der Waals surface area contributed by atoms with Crippen molar-refractivity contribution in [3.63, 3.8) is 0 Å². The van der Waals surface area contributed by atoms with E-state index >= 15 is 0 Å². The number of carboxylic acid groups (broad SMARTS) is 1. The first kappa shape index (κ1) is 41.5. The van der Waals surface area contributed by atoms with Gasteiger partial charge in [0.1, 0.15) is 65.4 Å². The van der Waals surface area contributed by atoms with Crippen LogP contribution in [0.5, 0.6) is 11.5 Å². The molecule has 0 aliphatic heterocycles. The Hall–Kier alpha value is -6.63. The van der Waals surface area contributed by atoms with Crippen LogP contribution in [0.4, 0.5) is 26.3 Å². The summed E-state index contributed by atoms with van der Waals surface area (Å²) in [5.41, 5.74) is 3.39. The Morgan fingerprint density at radius 3 is 1.72 bits per heavy atom. The zero-order valence-corrected chi connectivity index (χ0v) is 30.8. The maximum absolute atomic E-state index is 14.2. The molecule has 0 aliphatic carbocycles. The fourth-order valence-electron chi connectivity index (χ4n) is 5.76. The molecule has 6 aromatic rings. The van der Waals surface area contributed by atoms with Crippen LogP contribution >= 0.6 is 0 Å². The number of aromatic nitrogens is 1. The SMILES string of the molecule is CC(=O)CCC(=O)c1cc(F)ccc1OCc1ccc(F)cc1F.Cc1ccc(-n2c(C)ccc2-c2cc(F)ccc2OCc2ccc(F)cc2F)cc1C(=O)O. The van der Waals surface area contributed by atoms with Crippen LogP contribution in [0.3, 0.4) is 0 Å². The van der Waals surface area contributed by atoms with E-state index in [9.17, 15) is 45.8 Å². The maximum Gasteiger partial charge on any atom is 0.336 e. The number of aromatic carboxylic acids is 1. The molecule has 7 nitrogen and oxygen atoms in total. The molecule has 5 aromatic carbocycles. The summed E-state index contributed by atoms with van der Waals surface area (Å²) in [6, 6.07) is 22.2. The van der Waals surface area contributed by atoms with E-state index in [2.05, 4.69) is 0 Å². The monoisotopic (exact) mass is 787 g/mol. The second-order valence-electron chi connectivity index (χ2n) is 13.0. The summed E-state index contributed by atoms with van der Waals surface area (Å²) in [6.07, 6.45) is -0.0264. The van der Waals surface area contributed by atoms with Crippen LogP contribution < -0.4 is 9.47 Å². The lowest BCUT2D eigenvalue weighted by molar-refractivity contribution is -0.117. The predicted molar refractivity (Wildman–Crippen MR) is 200 cm³/mol. The first-order chi connectivity index (χ1) is 27.1. The van der Waals surface area contributed by atoms with Crippen LogP contribution in [0.2, 0.25) is 0 Å². The van der Waals surface area contributed by atoms with Crippen molar-refractivity contribution in [1.29, 1.82) is 0 Å². The third-order valence-electron chi connectivity index (χ3n) is 8.75. The predicted octanol–water partition coefficient (Wildman–Crippen LogP) is 10.7. The molecule has 0 spiro atoms. The maximum atomic E-state index is 14.2. The average molecular weight is 788 g/mol. The molecule has 1 heterocycles. The summed E-state index contributed by atoms with van der Waals surface area (Å²) < 4.78 is 94.3. The molecule has 0 aliphatic rings. The number of Topliss-reactive ketones (excluding diaryl/α,β-unsaturated/α-hetero) is 2. The topological polar surface area (TPSA) is 94.8 Å². The van der Waals surface area contributed by atoms with Gasteiger partial charge in [-0.3, -0.25) is 4.79 Å². The molecular formula is C44H35F6NO6. The number of carbonyl (C=O) groups is 3. The van der Waals surface area contributed by atoms with Crippen molar-refractivity contribution < 1.29 is 55.3 Å². The van der Waals surface area contributed by atoms with Gasteiger partial charge in [0.15, 0.2) is 5.78 Å². The average Bonchev–Trinajstić information content (AvgIpc) is 3.55. The van der Waals surface area contributed by atoms with Gasteiger partial charge < -0.3 is 23.9 Å². The third kappa shape index (κ3) is 10.6. The van der Waals surface area contributed by atoms with E-state index in [1.165, 1.54) is 43.3 Å². The van der Waals surface area contributed by atoms with Crippen LogP contribution in [-0.4, -0.2) is 27.2 Å². The fraction of sp³-hybridized carbons (Fsp3) is 0.159. The van der Waals surface area contributed by atoms with Crippen molar-refractivity contribution in [3.8, 4) is 28.4 Å². The quantitative estimate of drug-likeness (QED) is 0.0925. The lowest BCUT2D eigenvalue weighted by Crippen LogP contribution is -2.07. The largest absolute Gasteiger partial charge is 0.488 e. The Bertz CT molecular complexity index is 2460. The Kier molecular flexibility index (Phi) is 13.4. The molecule has 13 heteroatoms. The smallest absolute Gasteiger partial charge is 0.336 e. The number of benzene rings is 5. The van der Waals surface area contributed by atoms with E-state index in [1.54, 1.807) is 35.8 Å². The normalized spacial score (nSPS) is 10.8. The standard InChI is InChI=1S/C26H20F3NO3.C18H15F3O3/c1-15-3-8-20(13-21(15)26(31)32)30-16(2)4-9-24(30)22-11-18(27)7-10-25(22)33-14-17-5-6-19(28)12-23(17)29;1-11(22)2-6-17(23)15-8-13(19)5-7-18(15)24-10-12-3-4-14(20)9-16(12)21/h3-13H,14H2,1-2H3,(H,31,32);3-5,7-9H,2,6,10H2,1H3. The van der Waals surface area contributed by atoms with Gasteiger partial charge in [-0.25, -0.2) is 31.1 Å². The van der Waals surface area contributed by atoms with Gasteiger partial charge in [0.2, 0.25) is 0 Å². The van der Waals surface area contributed by atoms with E-state index < -0.39 is 46.7 Å². The van der Waals surface area contributed by atoms with Crippen LogP contribution in [0.1, 0.15) is 62.9 Å². The van der Waals surface area contributed by atoms with Crippen molar-refractivity contribution in [1.82, 2.24) is 4.57 Å². The highest BCUT2D eigenvalue weighted by atomic mass is 19.2. The molecule has 6 rings (SSSR count). The second-order valence-corrected chi connectivity index (χ2v) is 13.0. The first-order valence-electron chi connectivity index (χ1n) is 17.4. The number of hydrogen-bond acceptors (Lipinski definition) is 5. The molecule has 1 N–H and O–H groups in total. The first-order valence-corrected chi connectivity index (χ1v) is 17.4. The Morgan fingerprint density at radius 2 is 1.14 bits per heavy atom. The Balaban J connectivity index is 0.000000230. The number of hydrogen-bond donors (Lipinski definition) is 1. The van der Waals surface area contributed by atoms with Gasteiger partial charge in [-0.1, -0.05) is 6.07 Å². The van der Waals surface area contributed by atoms with Crippen LogP contribution in [0, 0.1) is 48.8 Å². The number of ether oxygens (including phenoxy) is 2. The number of halogens is 6. The van der Waals surface area contributed by atoms with Gasteiger partial charge >= 0.3 is 5.97 Å². The van der Waals surface area contributed by atoms with Crippen molar-refractivity contribution in [2.75, 3.05) is 0 Å². The number of ketones is 2. The van der Waals surface area contributed by atoms with Gasteiger partial charge in [-0.15, -0.1) is 0 Å². The summed E-state index contributed by atoms with van der Waals surface area (Å²) >= 11 is 0. The molecule has 0 saturated carbocycles. The molecule has 0 bridgehead atoms. The highest BCUT2D eigenvalue weighted by Crippen LogP contribution is 2.35. The van der Waals surface area contributed by atoms with Crippen LogP contribution in [-0.2, 0) is 18.0 Å². The number of carbonyl (C=O) groups excluding carboxylic acids is 2. The van der Waals surface area contributed by atoms with E-state index in [0.29, 0.717) is 28.3 Å². The number of nitrogens with zero attached hydrogens (tertiary/aromatic N) is 1. The molecule has 0 fully saturated rings. The molecule has 0 atom stereocenters. The number of carboxylic acids is 1. The van der Waals surface area contributed by atoms with Gasteiger partial charge in [0.05, 0.1) is 16.8 Å². The van der Waals surface area contributed by atoms with E-state index in [-0.39, 0.29) is 59.8 Å². The third-order valence-corrected chi connectivity index (χ3v) is 8.75. The molecular weight excluding hydrogens is 752 g/mol. The summed E-state index contributed by atoms with van der Waals surface area (Å²) in [7, 11) is 0. The zero-order chi connectivity index (χ0) is 41.4. The van der Waals surface area contributed by atoms with E-state index in [4.69, 9.17) is 9.47 Å². The summed E-state index contributed by atoms with van der Waals surface area (Å²) in [5, 5.41) is 9.51. The highest BCUT2D eigenvalue weighted by molar-refractivity contribution is 6.00. The van der Waals surface area contributed by atoms with Crippen molar-refractivity contribution in [3.05, 3.63) is 172 Å². The van der Waals surface area contributed by atoms with Crippen molar-refractivity contribution >= 4 is 17.5 Å². The molecule has 0 amide bonds. The summed E-state index contributed by atoms with van der Waals surface area (Å²) in [5.74, 6) is -5.30. The lowest BCUT2D eigenvalue weighted by Gasteiger charge is -2.17. The molecule has 0 unspecified atom stereocenters. The van der Waals surface area contributed by atoms with Gasteiger partial charge in [0.25, 0.3) is 0 Å². The van der Waals surface area contributed by atoms with Crippen LogP contribution in [0.25, 0.3) is 16.9 Å². The molecule has 57 heavy (non-hydrogen) atoms. The van der Waals surface area contributed by atoms with Crippen molar-refractivity contribution in [2.24, 2.45) is 0 Å². The molecule has 1 aromatic heterocycles. The fourth-order valence-corrected chi connectivity index (χ4v) is 5.76. The zero-order valence-electron chi connectivity index (χ0n) is 30.8. The molecule has 294 valence electrons. The Labute approximate surface area is 323 Å². The number of rotatable bonds is 13. The lowest BCUT2D eigenvalue weighted by atomic mass is 10.0. The second kappa shape index (κ2) is 18.3. The van der Waals surface area contributed by atoms with E-state index in [1.807, 2.05) is 13.0 Å². The van der Waals surface area contributed by atoms with Gasteiger partial charge in [0, 0.05) is 53.0 Å². The molecule has 0 radical (unpaired) electrons. The van der Waals surface area contributed by atoms with Gasteiger partial charge in [-0.05, 0) is 111 Å². The minimum Gasteiger partial charge on any atom is -0.488 e. The van der Waals surface area contributed by atoms with Crippen LogP contribution in [0.15, 0.2) is 103 Å². The van der Waals surface area contributed by atoms with E-state index in [0.717, 1.165) is 42.1 Å². The minimum absolute atomic E-state index is 0.0150.